The Morgan fingerprint density at radius 3 is 2.33 bits per heavy atom. The minimum Gasteiger partial charge on any atom is -0.394 e. The standard InChI is InChI=1S/C19H26F2N2O4/c1-3-4-5-19(27)23-16(11-24)10-18(26)17(22-12(2)25)8-13-6-14(20)9-15(21)7-13/h4-7,9,16-18,24,26H,3,8,10-11H2,1-2H3,(H,22,25)(H,23,27)/b5-4+/t16?,17-,18-/m0/s1. The van der Waals surface area contributed by atoms with Crippen LogP contribution in [0.25, 0.3) is 0 Å². The van der Waals surface area contributed by atoms with E-state index in [2.05, 4.69) is 10.6 Å². The first-order chi connectivity index (χ1) is 12.7. The summed E-state index contributed by atoms with van der Waals surface area (Å²) in [5.74, 6) is -2.36. The van der Waals surface area contributed by atoms with Gasteiger partial charge in [-0.2, -0.15) is 0 Å². The number of hydrogen-bond acceptors (Lipinski definition) is 4. The van der Waals surface area contributed by atoms with E-state index in [4.69, 9.17) is 0 Å². The molecule has 0 radical (unpaired) electrons. The highest BCUT2D eigenvalue weighted by Crippen LogP contribution is 2.14. The first-order valence-corrected chi connectivity index (χ1v) is 8.73. The average Bonchev–Trinajstić information content (AvgIpc) is 2.57. The van der Waals surface area contributed by atoms with Crippen LogP contribution in [-0.4, -0.2) is 46.8 Å². The lowest BCUT2D eigenvalue weighted by Gasteiger charge is -2.27. The fraction of sp³-hybridized carbons (Fsp3) is 0.474. The number of carbonyl (C=O) groups excluding carboxylic acids is 2. The lowest BCUT2D eigenvalue weighted by molar-refractivity contribution is -0.121. The van der Waals surface area contributed by atoms with Crippen LogP contribution < -0.4 is 10.6 Å². The van der Waals surface area contributed by atoms with E-state index in [1.165, 1.54) is 13.0 Å². The summed E-state index contributed by atoms with van der Waals surface area (Å²) in [6.07, 6.45) is 2.43. The lowest BCUT2D eigenvalue weighted by atomic mass is 9.96. The van der Waals surface area contributed by atoms with Crippen molar-refractivity contribution in [3.8, 4) is 0 Å². The molecule has 0 aliphatic heterocycles. The molecule has 4 N–H and O–H groups in total. The largest absolute Gasteiger partial charge is 0.394 e. The van der Waals surface area contributed by atoms with Gasteiger partial charge < -0.3 is 20.8 Å². The van der Waals surface area contributed by atoms with Crippen LogP contribution in [0.15, 0.2) is 30.4 Å². The number of carbonyl (C=O) groups is 2. The molecule has 0 spiro atoms. The van der Waals surface area contributed by atoms with Crippen LogP contribution in [0.2, 0.25) is 0 Å². The zero-order valence-corrected chi connectivity index (χ0v) is 15.4. The van der Waals surface area contributed by atoms with E-state index >= 15 is 0 Å². The number of rotatable bonds is 10. The van der Waals surface area contributed by atoms with Gasteiger partial charge in [-0.25, -0.2) is 8.78 Å². The number of amides is 2. The molecule has 0 bridgehead atoms. The molecule has 27 heavy (non-hydrogen) atoms. The highest BCUT2D eigenvalue weighted by molar-refractivity contribution is 5.87. The number of hydrogen-bond donors (Lipinski definition) is 4. The van der Waals surface area contributed by atoms with Gasteiger partial charge in [-0.1, -0.05) is 13.0 Å². The topological polar surface area (TPSA) is 98.7 Å². The SMILES string of the molecule is CC/C=C/C(=O)NC(CO)C[C@H](O)[C@H](Cc1cc(F)cc(F)c1)NC(C)=O. The summed E-state index contributed by atoms with van der Waals surface area (Å²) in [5, 5.41) is 25.0. The monoisotopic (exact) mass is 384 g/mol. The molecule has 0 saturated heterocycles. The molecule has 3 atom stereocenters. The normalized spacial score (nSPS) is 14.6. The van der Waals surface area contributed by atoms with E-state index in [9.17, 15) is 28.6 Å². The van der Waals surface area contributed by atoms with Gasteiger partial charge in [0, 0.05) is 13.0 Å². The number of aliphatic hydroxyl groups is 2. The molecular formula is C19H26F2N2O4. The second-order valence-corrected chi connectivity index (χ2v) is 6.29. The van der Waals surface area contributed by atoms with Crippen LogP contribution in [0.5, 0.6) is 0 Å². The van der Waals surface area contributed by atoms with E-state index in [-0.39, 0.29) is 18.4 Å². The van der Waals surface area contributed by atoms with Gasteiger partial charge in [0.1, 0.15) is 11.6 Å². The van der Waals surface area contributed by atoms with Crippen molar-refractivity contribution in [2.24, 2.45) is 0 Å². The van der Waals surface area contributed by atoms with Crippen molar-refractivity contribution < 1.29 is 28.6 Å². The highest BCUT2D eigenvalue weighted by Gasteiger charge is 2.25. The van der Waals surface area contributed by atoms with Gasteiger partial charge >= 0.3 is 0 Å². The molecule has 6 nitrogen and oxygen atoms in total. The molecule has 1 aromatic carbocycles. The van der Waals surface area contributed by atoms with Gasteiger partial charge in [-0.05, 0) is 43.0 Å². The van der Waals surface area contributed by atoms with Gasteiger partial charge in [0.25, 0.3) is 0 Å². The molecule has 8 heteroatoms. The van der Waals surface area contributed by atoms with Gasteiger partial charge in [0.2, 0.25) is 11.8 Å². The maximum absolute atomic E-state index is 13.4. The van der Waals surface area contributed by atoms with Crippen LogP contribution in [0.1, 0.15) is 32.3 Å². The maximum atomic E-state index is 13.4. The fourth-order valence-corrected chi connectivity index (χ4v) is 2.64. The fourth-order valence-electron chi connectivity index (χ4n) is 2.64. The van der Waals surface area contributed by atoms with Crippen molar-refractivity contribution in [3.63, 3.8) is 0 Å². The molecule has 0 aromatic heterocycles. The van der Waals surface area contributed by atoms with Crippen LogP contribution in [0, 0.1) is 11.6 Å². The van der Waals surface area contributed by atoms with E-state index in [1.807, 2.05) is 6.92 Å². The predicted octanol–water partition coefficient (Wildman–Crippen LogP) is 1.21. The van der Waals surface area contributed by atoms with Crippen molar-refractivity contribution in [1.29, 1.82) is 0 Å². The van der Waals surface area contributed by atoms with Crippen LogP contribution in [0.4, 0.5) is 8.78 Å². The molecule has 2 amide bonds. The second kappa shape index (κ2) is 11.4. The zero-order valence-electron chi connectivity index (χ0n) is 15.4. The molecular weight excluding hydrogens is 358 g/mol. The molecule has 1 rings (SSSR count). The van der Waals surface area contributed by atoms with E-state index in [1.54, 1.807) is 6.08 Å². The van der Waals surface area contributed by atoms with Crippen molar-refractivity contribution in [2.45, 2.75) is 51.3 Å². The Bertz CT molecular complexity index is 647. The predicted molar refractivity (Wildman–Crippen MR) is 96.7 cm³/mol. The number of halogens is 2. The summed E-state index contributed by atoms with van der Waals surface area (Å²) < 4.78 is 26.8. The molecule has 0 aliphatic carbocycles. The van der Waals surface area contributed by atoms with Crippen LogP contribution >= 0.6 is 0 Å². The summed E-state index contributed by atoms with van der Waals surface area (Å²) >= 11 is 0. The Kier molecular flexibility index (Phi) is 9.60. The Hall–Kier alpha value is -2.32. The molecule has 1 aromatic rings. The molecule has 150 valence electrons. The second-order valence-electron chi connectivity index (χ2n) is 6.29. The lowest BCUT2D eigenvalue weighted by Crippen LogP contribution is -2.48. The summed E-state index contributed by atoms with van der Waals surface area (Å²) in [4.78, 5) is 23.2. The average molecular weight is 384 g/mol. The zero-order chi connectivity index (χ0) is 20.4. The smallest absolute Gasteiger partial charge is 0.243 e. The molecule has 0 heterocycles. The summed E-state index contributed by atoms with van der Waals surface area (Å²) in [6.45, 7) is 2.71. The Morgan fingerprint density at radius 1 is 1.19 bits per heavy atom. The number of nitrogens with one attached hydrogen (secondary N) is 2. The van der Waals surface area contributed by atoms with Gasteiger partial charge in [-0.15, -0.1) is 0 Å². The van der Waals surface area contributed by atoms with Crippen molar-refractivity contribution in [1.82, 2.24) is 10.6 Å². The van der Waals surface area contributed by atoms with Crippen LogP contribution in [0.3, 0.4) is 0 Å². The van der Waals surface area contributed by atoms with E-state index < -0.39 is 48.2 Å². The minimum atomic E-state index is -1.16. The highest BCUT2D eigenvalue weighted by atomic mass is 19.1. The van der Waals surface area contributed by atoms with E-state index in [0.717, 1.165) is 18.2 Å². The van der Waals surface area contributed by atoms with Crippen LogP contribution in [-0.2, 0) is 16.0 Å². The molecule has 0 fully saturated rings. The summed E-state index contributed by atoms with van der Waals surface area (Å²) in [6, 6.07) is 1.38. The summed E-state index contributed by atoms with van der Waals surface area (Å²) in [5.41, 5.74) is 0.265. The first-order valence-electron chi connectivity index (χ1n) is 8.73. The quantitative estimate of drug-likeness (QED) is 0.456. The van der Waals surface area contributed by atoms with Crippen molar-refractivity contribution >= 4 is 11.8 Å². The minimum absolute atomic E-state index is 0.0166. The number of aliphatic hydroxyl groups excluding tert-OH is 2. The van der Waals surface area contributed by atoms with E-state index in [0.29, 0.717) is 6.42 Å². The Morgan fingerprint density at radius 2 is 1.81 bits per heavy atom. The summed E-state index contributed by atoms with van der Waals surface area (Å²) in [7, 11) is 0. The van der Waals surface area contributed by atoms with Crippen molar-refractivity contribution in [3.05, 3.63) is 47.5 Å². The Balaban J connectivity index is 2.83. The third-order valence-electron chi connectivity index (χ3n) is 3.83. The van der Waals surface area contributed by atoms with Gasteiger partial charge in [-0.3, -0.25) is 9.59 Å². The first kappa shape index (κ1) is 22.7. The Labute approximate surface area is 157 Å². The molecule has 1 unspecified atom stereocenters. The van der Waals surface area contributed by atoms with Crippen molar-refractivity contribution in [2.75, 3.05) is 6.61 Å². The third-order valence-corrected chi connectivity index (χ3v) is 3.83. The molecule has 0 saturated carbocycles. The number of allylic oxidation sites excluding steroid dienone is 1. The number of benzene rings is 1. The molecule has 0 aliphatic rings. The van der Waals surface area contributed by atoms with Gasteiger partial charge in [0.05, 0.1) is 24.8 Å². The third kappa shape index (κ3) is 8.74. The maximum Gasteiger partial charge on any atom is 0.243 e. The van der Waals surface area contributed by atoms with Gasteiger partial charge in [0.15, 0.2) is 0 Å².